The molecule has 0 aliphatic carbocycles. The number of carbonyl (C=O) groups excluding carboxylic acids is 1. The van der Waals surface area contributed by atoms with Gasteiger partial charge in [-0.1, -0.05) is 35.3 Å². The third-order valence-corrected chi connectivity index (χ3v) is 7.87. The molecule has 0 aliphatic heterocycles. The fraction of sp³-hybridized carbons (Fsp3) is 0.208. The molecule has 0 unspecified atom stereocenters. The predicted molar refractivity (Wildman–Crippen MR) is 139 cm³/mol. The second-order valence-corrected chi connectivity index (χ2v) is 11.6. The van der Waals surface area contributed by atoms with E-state index in [0.717, 1.165) is 18.3 Å². The number of benzene rings is 2. The van der Waals surface area contributed by atoms with Crippen molar-refractivity contribution in [3.05, 3.63) is 76.0 Å². The Bertz CT molecular complexity index is 1690. The van der Waals surface area contributed by atoms with E-state index in [1.165, 1.54) is 50.2 Å². The molecule has 2 heterocycles. The Morgan fingerprint density at radius 3 is 2.44 bits per heavy atom. The number of fused-ring (bicyclic) bond motifs is 1. The molecule has 0 fully saturated rings. The first-order valence-corrected chi connectivity index (χ1v) is 13.3. The number of nitrogens with zero attached hydrogens (tertiary/aromatic N) is 3. The van der Waals surface area contributed by atoms with Crippen LogP contribution in [0, 0.1) is 0 Å². The van der Waals surface area contributed by atoms with Gasteiger partial charge in [0, 0.05) is 11.3 Å². The van der Waals surface area contributed by atoms with E-state index in [2.05, 4.69) is 20.1 Å². The average Bonchev–Trinajstić information content (AvgIpc) is 3.28. The molecular formula is C24H20Cl2F3N5O4S. The summed E-state index contributed by atoms with van der Waals surface area (Å²) in [6.45, 7) is 2.50. The van der Waals surface area contributed by atoms with Crippen LogP contribution in [0.2, 0.25) is 10.0 Å². The van der Waals surface area contributed by atoms with E-state index in [-0.39, 0.29) is 37.4 Å². The Hall–Kier alpha value is -3.23. The zero-order valence-electron chi connectivity index (χ0n) is 20.2. The number of anilines is 1. The molecule has 3 N–H and O–H groups in total. The lowest BCUT2D eigenvalue weighted by atomic mass is 10.1. The van der Waals surface area contributed by atoms with Gasteiger partial charge in [-0.25, -0.2) is 22.6 Å². The number of nitrogens with one attached hydrogen (secondary N) is 2. The topological polar surface area (TPSA) is 126 Å². The normalized spacial score (nSPS) is 12.6. The summed E-state index contributed by atoms with van der Waals surface area (Å²) in [5.74, 6) is -0.880. The van der Waals surface area contributed by atoms with Gasteiger partial charge in [0.2, 0.25) is 10.0 Å². The lowest BCUT2D eigenvalue weighted by molar-refractivity contribution is -0.142. The van der Waals surface area contributed by atoms with Crippen molar-refractivity contribution >= 4 is 50.5 Å². The number of sulfonamides is 1. The Morgan fingerprint density at radius 1 is 1.08 bits per heavy atom. The minimum atomic E-state index is -4.84. The first-order chi connectivity index (χ1) is 18.1. The van der Waals surface area contributed by atoms with Gasteiger partial charge >= 0.3 is 6.18 Å². The van der Waals surface area contributed by atoms with Crippen LogP contribution >= 0.6 is 23.2 Å². The molecule has 4 aromatic rings. The van der Waals surface area contributed by atoms with Gasteiger partial charge in [0.05, 0.1) is 39.0 Å². The van der Waals surface area contributed by atoms with Crippen molar-refractivity contribution in [3.63, 3.8) is 0 Å². The Labute approximate surface area is 230 Å². The Morgan fingerprint density at radius 2 is 1.79 bits per heavy atom. The van der Waals surface area contributed by atoms with E-state index >= 15 is 0 Å². The number of alkyl halides is 3. The highest BCUT2D eigenvalue weighted by Gasteiger charge is 2.36. The highest BCUT2D eigenvalue weighted by molar-refractivity contribution is 7.89. The second kappa shape index (κ2) is 10.4. The van der Waals surface area contributed by atoms with Crippen LogP contribution in [0.5, 0.6) is 0 Å². The summed E-state index contributed by atoms with van der Waals surface area (Å²) in [6.07, 6.45) is -3.92. The molecule has 0 saturated heterocycles. The van der Waals surface area contributed by atoms with Gasteiger partial charge in [-0.05, 0) is 50.2 Å². The van der Waals surface area contributed by atoms with Crippen molar-refractivity contribution in [1.29, 1.82) is 0 Å². The SMILES string of the molecule is CC(C)(CO)NS(=O)(=O)c1cccc(NC(=O)c2cnn3c(C(F)(F)F)cc(-c4ccc(Cl)c(Cl)c4)nc23)c1. The van der Waals surface area contributed by atoms with Crippen LogP contribution in [0.3, 0.4) is 0 Å². The lowest BCUT2D eigenvalue weighted by Crippen LogP contribution is -2.46. The van der Waals surface area contributed by atoms with Crippen LogP contribution in [-0.2, 0) is 16.2 Å². The van der Waals surface area contributed by atoms with E-state index in [4.69, 9.17) is 23.2 Å². The highest BCUT2D eigenvalue weighted by atomic mass is 35.5. The van der Waals surface area contributed by atoms with Crippen LogP contribution in [0.25, 0.3) is 16.9 Å². The number of halogens is 5. The maximum absolute atomic E-state index is 13.9. The van der Waals surface area contributed by atoms with Crippen molar-refractivity contribution in [2.45, 2.75) is 30.5 Å². The third-order valence-electron chi connectivity index (χ3n) is 5.43. The molecule has 9 nitrogen and oxygen atoms in total. The first-order valence-electron chi connectivity index (χ1n) is 11.1. The number of hydrogen-bond acceptors (Lipinski definition) is 6. The van der Waals surface area contributed by atoms with Gasteiger partial charge in [0.25, 0.3) is 5.91 Å². The molecular weight excluding hydrogens is 582 g/mol. The lowest BCUT2D eigenvalue weighted by Gasteiger charge is -2.23. The van der Waals surface area contributed by atoms with Gasteiger partial charge in [0.1, 0.15) is 5.56 Å². The molecule has 39 heavy (non-hydrogen) atoms. The molecule has 0 bridgehead atoms. The van der Waals surface area contributed by atoms with Gasteiger partial charge in [0.15, 0.2) is 11.3 Å². The number of amides is 1. The second-order valence-electron chi connectivity index (χ2n) is 9.08. The van der Waals surface area contributed by atoms with Crippen LogP contribution < -0.4 is 10.0 Å². The number of aliphatic hydroxyl groups excluding tert-OH is 1. The fourth-order valence-electron chi connectivity index (χ4n) is 3.52. The molecule has 1 amide bonds. The standard InChI is InChI=1S/C24H20Cl2F3N5O4S/c1-23(2,12-35)33-39(37,38)15-5-3-4-14(9-15)31-22(36)16-11-30-34-20(24(27,28)29)10-19(32-21(16)34)13-6-7-17(25)18(26)8-13/h3-11,33,35H,12H2,1-2H3,(H,31,36). The van der Waals surface area contributed by atoms with Crippen molar-refractivity contribution in [3.8, 4) is 11.3 Å². The summed E-state index contributed by atoms with van der Waals surface area (Å²) in [7, 11) is -4.08. The number of aromatic nitrogens is 3. The van der Waals surface area contributed by atoms with Gasteiger partial charge in [-0.2, -0.15) is 18.3 Å². The molecule has 0 aliphatic rings. The van der Waals surface area contributed by atoms with Crippen molar-refractivity contribution in [2.75, 3.05) is 11.9 Å². The summed E-state index contributed by atoms with van der Waals surface area (Å²) < 4.78 is 70.0. The number of carbonyl (C=O) groups is 1. The van der Waals surface area contributed by atoms with Gasteiger partial charge in [-0.15, -0.1) is 0 Å². The maximum atomic E-state index is 13.9. The van der Waals surface area contributed by atoms with Crippen LogP contribution in [0.1, 0.15) is 29.9 Å². The number of hydrogen-bond donors (Lipinski definition) is 3. The quantitative estimate of drug-likeness (QED) is 0.273. The number of aliphatic hydroxyl groups is 1. The van der Waals surface area contributed by atoms with E-state index in [0.29, 0.717) is 4.52 Å². The molecule has 2 aromatic heterocycles. The molecule has 0 saturated carbocycles. The first kappa shape index (κ1) is 28.8. The molecule has 15 heteroatoms. The fourth-order valence-corrected chi connectivity index (χ4v) is 5.27. The predicted octanol–water partition coefficient (Wildman–Crippen LogP) is 5.02. The molecule has 4 rings (SSSR count). The molecule has 0 radical (unpaired) electrons. The minimum absolute atomic E-state index is 0.0423. The van der Waals surface area contributed by atoms with Crippen LogP contribution in [-0.4, -0.2) is 46.2 Å². The van der Waals surface area contributed by atoms with Crippen LogP contribution in [0.15, 0.2) is 59.6 Å². The average molecular weight is 602 g/mol. The zero-order valence-corrected chi connectivity index (χ0v) is 22.5. The Balaban J connectivity index is 1.74. The summed E-state index contributed by atoms with van der Waals surface area (Å²) in [4.78, 5) is 17.1. The van der Waals surface area contributed by atoms with Gasteiger partial charge < -0.3 is 10.4 Å². The third kappa shape index (κ3) is 6.17. The molecule has 2 aromatic carbocycles. The zero-order chi connectivity index (χ0) is 28.8. The maximum Gasteiger partial charge on any atom is 0.433 e. The molecule has 206 valence electrons. The largest absolute Gasteiger partial charge is 0.433 e. The Kier molecular flexibility index (Phi) is 7.67. The smallest absolute Gasteiger partial charge is 0.394 e. The minimum Gasteiger partial charge on any atom is -0.394 e. The molecule has 0 atom stereocenters. The van der Waals surface area contributed by atoms with E-state index in [9.17, 15) is 31.5 Å². The summed E-state index contributed by atoms with van der Waals surface area (Å²) in [5.41, 5.74) is -2.88. The monoisotopic (exact) mass is 601 g/mol. The van der Waals surface area contributed by atoms with Crippen molar-refractivity contribution in [1.82, 2.24) is 19.3 Å². The van der Waals surface area contributed by atoms with E-state index in [1.54, 1.807) is 0 Å². The van der Waals surface area contributed by atoms with Crippen molar-refractivity contribution in [2.24, 2.45) is 0 Å². The summed E-state index contributed by atoms with van der Waals surface area (Å²) in [5, 5.41) is 15.9. The van der Waals surface area contributed by atoms with E-state index in [1.807, 2.05) is 0 Å². The molecule has 0 spiro atoms. The van der Waals surface area contributed by atoms with E-state index < -0.39 is 45.6 Å². The van der Waals surface area contributed by atoms with Crippen LogP contribution in [0.4, 0.5) is 18.9 Å². The van der Waals surface area contributed by atoms with Crippen molar-refractivity contribution < 1.29 is 31.5 Å². The van der Waals surface area contributed by atoms with Gasteiger partial charge in [-0.3, -0.25) is 4.79 Å². The summed E-state index contributed by atoms with van der Waals surface area (Å²) in [6, 6.07) is 10.2. The highest BCUT2D eigenvalue weighted by Crippen LogP contribution is 2.34. The number of rotatable bonds is 7. The summed E-state index contributed by atoms with van der Waals surface area (Å²) >= 11 is 11.9.